The van der Waals surface area contributed by atoms with Gasteiger partial charge in [0, 0.05) is 80.5 Å². The van der Waals surface area contributed by atoms with Crippen molar-refractivity contribution in [1.82, 2.24) is 19.8 Å². The van der Waals surface area contributed by atoms with E-state index in [1.54, 1.807) is 12.1 Å². The first-order valence-corrected chi connectivity index (χ1v) is 13.4. The number of carbonyl (C=O) groups excluding carboxylic acids is 1. The van der Waals surface area contributed by atoms with Crippen molar-refractivity contribution in [2.24, 2.45) is 0 Å². The molecular weight excluding hydrogens is 517 g/mol. The second-order valence-electron chi connectivity index (χ2n) is 10.7. The van der Waals surface area contributed by atoms with Crippen LogP contribution in [-0.2, 0) is 25.7 Å². The van der Waals surface area contributed by atoms with Crippen LogP contribution in [-0.4, -0.2) is 65.4 Å². The molecule has 1 saturated heterocycles. The van der Waals surface area contributed by atoms with Crippen LogP contribution in [0.4, 0.5) is 24.5 Å². The van der Waals surface area contributed by atoms with Crippen LogP contribution in [0.1, 0.15) is 32.6 Å². The summed E-state index contributed by atoms with van der Waals surface area (Å²) in [6.07, 6.45) is 0.0578. The molecule has 40 heavy (non-hydrogen) atoms. The SMILES string of the molecule is CN1CCN(Cc2cc(NC(=O)c3ccc4c(c3)N(Cc3cnc5[nH]ccc5c3)CC4)cc(C(F)(F)F)c2)CC1. The fourth-order valence-electron chi connectivity index (χ4n) is 5.53. The highest BCUT2D eigenvalue weighted by Gasteiger charge is 2.32. The van der Waals surface area contributed by atoms with Crippen LogP contribution in [0.3, 0.4) is 0 Å². The fourth-order valence-corrected chi connectivity index (χ4v) is 5.53. The Morgan fingerprint density at radius 3 is 2.60 bits per heavy atom. The molecule has 6 rings (SSSR count). The molecular formula is C30H31F3N6O. The van der Waals surface area contributed by atoms with Gasteiger partial charge in [-0.1, -0.05) is 6.07 Å². The molecule has 0 aliphatic carbocycles. The number of pyridine rings is 1. The predicted molar refractivity (Wildman–Crippen MR) is 149 cm³/mol. The molecule has 2 aliphatic rings. The lowest BCUT2D eigenvalue weighted by Gasteiger charge is -2.32. The lowest BCUT2D eigenvalue weighted by molar-refractivity contribution is -0.137. The van der Waals surface area contributed by atoms with E-state index in [2.05, 4.69) is 36.1 Å². The van der Waals surface area contributed by atoms with E-state index in [1.165, 1.54) is 6.07 Å². The Balaban J connectivity index is 1.20. The van der Waals surface area contributed by atoms with Gasteiger partial charge < -0.3 is 20.1 Å². The number of nitrogens with zero attached hydrogens (tertiary/aromatic N) is 4. The lowest BCUT2D eigenvalue weighted by Crippen LogP contribution is -2.43. The normalized spacial score (nSPS) is 16.4. The largest absolute Gasteiger partial charge is 0.416 e. The maximum atomic E-state index is 13.7. The minimum atomic E-state index is -4.51. The van der Waals surface area contributed by atoms with Gasteiger partial charge in [0.1, 0.15) is 5.65 Å². The van der Waals surface area contributed by atoms with E-state index in [4.69, 9.17) is 0 Å². The average molecular weight is 549 g/mol. The van der Waals surface area contributed by atoms with Crippen LogP contribution >= 0.6 is 0 Å². The molecule has 208 valence electrons. The zero-order valence-corrected chi connectivity index (χ0v) is 22.3. The number of rotatable bonds is 6. The summed E-state index contributed by atoms with van der Waals surface area (Å²) in [5, 5.41) is 3.77. The average Bonchev–Trinajstić information content (AvgIpc) is 3.56. The molecule has 0 saturated carbocycles. The Morgan fingerprint density at radius 2 is 1.80 bits per heavy atom. The highest BCUT2D eigenvalue weighted by Crippen LogP contribution is 2.34. The second-order valence-corrected chi connectivity index (χ2v) is 10.7. The van der Waals surface area contributed by atoms with Crippen LogP contribution < -0.4 is 10.2 Å². The summed E-state index contributed by atoms with van der Waals surface area (Å²) in [5.74, 6) is -0.435. The number of amides is 1. The van der Waals surface area contributed by atoms with Gasteiger partial charge in [0.15, 0.2) is 0 Å². The van der Waals surface area contributed by atoms with Gasteiger partial charge in [-0.3, -0.25) is 9.69 Å². The Hall–Kier alpha value is -3.89. The maximum Gasteiger partial charge on any atom is 0.416 e. The van der Waals surface area contributed by atoms with Crippen molar-refractivity contribution in [2.75, 3.05) is 50.0 Å². The monoisotopic (exact) mass is 548 g/mol. The first kappa shape index (κ1) is 26.3. The van der Waals surface area contributed by atoms with Crippen LogP contribution in [0.2, 0.25) is 0 Å². The third kappa shape index (κ3) is 5.68. The molecule has 10 heteroatoms. The number of fused-ring (bicyclic) bond motifs is 2. The molecule has 0 bridgehead atoms. The molecule has 2 aromatic heterocycles. The van der Waals surface area contributed by atoms with Crippen molar-refractivity contribution in [2.45, 2.75) is 25.7 Å². The molecule has 2 aliphatic heterocycles. The number of likely N-dealkylation sites (N-methyl/N-ethyl adjacent to an activating group) is 1. The molecule has 4 heterocycles. The summed E-state index contributed by atoms with van der Waals surface area (Å²) in [6, 6.07) is 13.4. The first-order chi connectivity index (χ1) is 19.2. The molecule has 7 nitrogen and oxygen atoms in total. The summed E-state index contributed by atoms with van der Waals surface area (Å²) >= 11 is 0. The number of nitrogens with one attached hydrogen (secondary N) is 2. The maximum absolute atomic E-state index is 13.7. The van der Waals surface area contributed by atoms with E-state index < -0.39 is 17.6 Å². The van der Waals surface area contributed by atoms with Crippen molar-refractivity contribution in [3.63, 3.8) is 0 Å². The third-order valence-electron chi connectivity index (χ3n) is 7.75. The zero-order valence-electron chi connectivity index (χ0n) is 22.3. The van der Waals surface area contributed by atoms with E-state index >= 15 is 0 Å². The van der Waals surface area contributed by atoms with Gasteiger partial charge in [-0.15, -0.1) is 0 Å². The number of alkyl halides is 3. The lowest BCUT2D eigenvalue weighted by atomic mass is 10.1. The summed E-state index contributed by atoms with van der Waals surface area (Å²) in [4.78, 5) is 27.4. The van der Waals surface area contributed by atoms with Crippen LogP contribution in [0.15, 0.2) is 60.9 Å². The van der Waals surface area contributed by atoms with E-state index in [0.717, 1.165) is 73.1 Å². The number of H-pyrrole nitrogens is 1. The van der Waals surface area contributed by atoms with Crippen LogP contribution in [0.5, 0.6) is 0 Å². The van der Waals surface area contributed by atoms with Crippen molar-refractivity contribution in [1.29, 1.82) is 0 Å². The summed E-state index contributed by atoms with van der Waals surface area (Å²) in [6.45, 7) is 5.18. The van der Waals surface area contributed by atoms with Gasteiger partial charge in [-0.2, -0.15) is 13.2 Å². The fraction of sp³-hybridized carbons (Fsp3) is 0.333. The third-order valence-corrected chi connectivity index (χ3v) is 7.75. The Kier molecular flexibility index (Phi) is 6.97. The van der Waals surface area contributed by atoms with E-state index in [9.17, 15) is 18.0 Å². The Morgan fingerprint density at radius 1 is 0.975 bits per heavy atom. The first-order valence-electron chi connectivity index (χ1n) is 13.4. The number of benzene rings is 2. The molecule has 0 spiro atoms. The Labute approximate surface area is 230 Å². The summed E-state index contributed by atoms with van der Waals surface area (Å²) < 4.78 is 41.2. The van der Waals surface area contributed by atoms with Gasteiger partial charge in [-0.25, -0.2) is 4.98 Å². The number of anilines is 2. The van der Waals surface area contributed by atoms with E-state index in [-0.39, 0.29) is 5.69 Å². The van der Waals surface area contributed by atoms with Crippen molar-refractivity contribution in [3.8, 4) is 0 Å². The topological polar surface area (TPSA) is 67.5 Å². The number of hydrogen-bond donors (Lipinski definition) is 2. The van der Waals surface area contributed by atoms with E-state index in [1.807, 2.05) is 37.6 Å². The van der Waals surface area contributed by atoms with Crippen molar-refractivity contribution >= 4 is 28.3 Å². The number of hydrogen-bond acceptors (Lipinski definition) is 5. The van der Waals surface area contributed by atoms with Gasteiger partial charge in [0.25, 0.3) is 5.91 Å². The molecule has 0 unspecified atom stereocenters. The number of aromatic nitrogens is 2. The molecule has 1 fully saturated rings. The van der Waals surface area contributed by atoms with Crippen molar-refractivity contribution < 1.29 is 18.0 Å². The Bertz CT molecular complexity index is 1540. The number of piperazine rings is 1. The molecule has 4 aromatic rings. The second kappa shape index (κ2) is 10.6. The molecule has 0 atom stereocenters. The molecule has 1 amide bonds. The van der Waals surface area contributed by atoms with Gasteiger partial charge in [0.2, 0.25) is 0 Å². The predicted octanol–water partition coefficient (Wildman–Crippen LogP) is 5.14. The summed E-state index contributed by atoms with van der Waals surface area (Å²) in [5.41, 5.74) is 4.32. The minimum absolute atomic E-state index is 0.146. The minimum Gasteiger partial charge on any atom is -0.367 e. The molecule has 0 radical (unpaired) electrons. The quantitative estimate of drug-likeness (QED) is 0.349. The van der Waals surface area contributed by atoms with Gasteiger partial charge >= 0.3 is 6.18 Å². The summed E-state index contributed by atoms with van der Waals surface area (Å²) in [7, 11) is 2.03. The number of halogens is 3. The highest BCUT2D eigenvalue weighted by molar-refractivity contribution is 6.05. The standard InChI is InChI=1S/C30H31F3N6O/c1-37-8-10-38(11-9-37)18-20-13-25(30(31,32)33)16-26(14-20)36-29(40)24-3-2-22-5-7-39(27(22)15-24)19-21-12-23-4-6-34-28(23)35-17-21/h2-4,6,12-17H,5,7-11,18-19H2,1H3,(H,34,35)(H,36,40). The van der Waals surface area contributed by atoms with Crippen LogP contribution in [0, 0.1) is 0 Å². The molecule has 2 aromatic carbocycles. The van der Waals surface area contributed by atoms with Gasteiger partial charge in [-0.05, 0) is 72.6 Å². The number of aromatic amines is 1. The highest BCUT2D eigenvalue weighted by atomic mass is 19.4. The van der Waals surface area contributed by atoms with Crippen molar-refractivity contribution in [3.05, 3.63) is 88.7 Å². The van der Waals surface area contributed by atoms with Crippen LogP contribution in [0.25, 0.3) is 11.0 Å². The van der Waals surface area contributed by atoms with E-state index in [0.29, 0.717) is 24.2 Å². The molecule has 2 N–H and O–H groups in total. The van der Waals surface area contributed by atoms with Gasteiger partial charge in [0.05, 0.1) is 5.56 Å². The smallest absolute Gasteiger partial charge is 0.367 e. The zero-order chi connectivity index (χ0) is 27.9. The number of carbonyl (C=O) groups is 1.